The highest BCUT2D eigenvalue weighted by molar-refractivity contribution is 5.92. The Balaban J connectivity index is 1.52. The third-order valence-electron chi connectivity index (χ3n) is 7.30. The second-order valence-electron chi connectivity index (χ2n) is 12.3. The summed E-state index contributed by atoms with van der Waals surface area (Å²) in [6.07, 6.45) is 3.51. The van der Waals surface area contributed by atoms with E-state index in [1.165, 1.54) is 0 Å². The topological polar surface area (TPSA) is 131 Å². The summed E-state index contributed by atoms with van der Waals surface area (Å²) >= 11 is 0. The van der Waals surface area contributed by atoms with Crippen molar-refractivity contribution in [2.24, 2.45) is 11.8 Å². The first kappa shape index (κ1) is 35.1. The number of benzene rings is 2. The molecule has 45 heavy (non-hydrogen) atoms. The molecule has 3 rings (SSSR count). The van der Waals surface area contributed by atoms with Gasteiger partial charge in [0.1, 0.15) is 24.4 Å². The predicted octanol–water partition coefficient (Wildman–Crippen LogP) is 5.81. The van der Waals surface area contributed by atoms with E-state index < -0.39 is 24.1 Å². The summed E-state index contributed by atoms with van der Waals surface area (Å²) in [5, 5.41) is 13.1. The van der Waals surface area contributed by atoms with E-state index in [1.54, 1.807) is 13.3 Å². The number of ether oxygens (including phenoxy) is 2. The van der Waals surface area contributed by atoms with E-state index in [9.17, 15) is 14.4 Å². The molecule has 0 saturated heterocycles. The van der Waals surface area contributed by atoms with Gasteiger partial charge in [0.05, 0.1) is 18.3 Å². The molecule has 0 aliphatic rings. The number of hydrogen-bond acceptors (Lipinski definition) is 7. The maximum Gasteiger partial charge on any atom is 0.408 e. The normalized spacial score (nSPS) is 13.2. The first-order valence-electron chi connectivity index (χ1n) is 15.8. The van der Waals surface area contributed by atoms with Gasteiger partial charge in [-0.1, -0.05) is 64.1 Å². The Kier molecular flexibility index (Phi) is 13.9. The van der Waals surface area contributed by atoms with Gasteiger partial charge in [-0.05, 0) is 62.1 Å². The Labute approximate surface area is 267 Å². The molecule has 3 aromatic rings. The molecule has 10 heteroatoms. The molecule has 0 spiro atoms. The number of hydrogen-bond donors (Lipinski definition) is 4. The van der Waals surface area contributed by atoms with Crippen LogP contribution in [-0.2, 0) is 20.9 Å². The van der Waals surface area contributed by atoms with Crippen molar-refractivity contribution < 1.29 is 23.9 Å². The van der Waals surface area contributed by atoms with Crippen LogP contribution in [0.5, 0.6) is 5.75 Å². The van der Waals surface area contributed by atoms with Crippen molar-refractivity contribution in [2.45, 2.75) is 85.0 Å². The van der Waals surface area contributed by atoms with Gasteiger partial charge < -0.3 is 30.7 Å². The van der Waals surface area contributed by atoms with Crippen LogP contribution in [0.25, 0.3) is 10.9 Å². The second-order valence-corrected chi connectivity index (χ2v) is 12.3. The van der Waals surface area contributed by atoms with Gasteiger partial charge in [0.2, 0.25) is 11.8 Å². The van der Waals surface area contributed by atoms with Crippen molar-refractivity contribution >= 4 is 34.5 Å². The fourth-order valence-electron chi connectivity index (χ4n) is 5.06. The third-order valence-corrected chi connectivity index (χ3v) is 7.30. The molecule has 0 bridgehead atoms. The summed E-state index contributed by atoms with van der Waals surface area (Å²) in [6.45, 7) is 10.6. The summed E-state index contributed by atoms with van der Waals surface area (Å²) in [5.41, 5.74) is 2.62. The van der Waals surface area contributed by atoms with Crippen LogP contribution in [0, 0.1) is 11.8 Å². The lowest BCUT2D eigenvalue weighted by Crippen LogP contribution is -2.54. The van der Waals surface area contributed by atoms with Crippen molar-refractivity contribution in [3.8, 4) is 5.75 Å². The van der Waals surface area contributed by atoms with Crippen LogP contribution in [0.3, 0.4) is 0 Å². The van der Waals surface area contributed by atoms with E-state index in [0.717, 1.165) is 40.7 Å². The monoisotopic (exact) mass is 619 g/mol. The Morgan fingerprint density at radius 2 is 1.53 bits per heavy atom. The van der Waals surface area contributed by atoms with Crippen LogP contribution in [0.2, 0.25) is 0 Å². The minimum absolute atomic E-state index is 0.0994. The van der Waals surface area contributed by atoms with Crippen molar-refractivity contribution in [1.82, 2.24) is 20.9 Å². The number of methoxy groups -OCH3 is 1. The number of carbonyl (C=O) groups is 3. The molecule has 1 unspecified atom stereocenters. The predicted molar refractivity (Wildman–Crippen MR) is 178 cm³/mol. The molecule has 0 fully saturated rings. The van der Waals surface area contributed by atoms with Gasteiger partial charge >= 0.3 is 6.09 Å². The number of carbonyl (C=O) groups excluding carboxylic acids is 3. The second kappa shape index (κ2) is 17.8. The van der Waals surface area contributed by atoms with Crippen LogP contribution in [0.1, 0.15) is 65.9 Å². The lowest BCUT2D eigenvalue weighted by atomic mass is 10.00. The lowest BCUT2D eigenvalue weighted by molar-refractivity contribution is -0.130. The number of nitrogens with one attached hydrogen (secondary N) is 4. The minimum Gasteiger partial charge on any atom is -0.497 e. The van der Waals surface area contributed by atoms with Crippen LogP contribution in [0.15, 0.2) is 60.8 Å². The summed E-state index contributed by atoms with van der Waals surface area (Å²) in [4.78, 5) is 43.6. The van der Waals surface area contributed by atoms with Crippen molar-refractivity contribution in [3.05, 3.63) is 66.4 Å². The largest absolute Gasteiger partial charge is 0.497 e. The van der Waals surface area contributed by atoms with Gasteiger partial charge in [0, 0.05) is 30.2 Å². The van der Waals surface area contributed by atoms with E-state index in [4.69, 9.17) is 9.47 Å². The average molecular weight is 620 g/mol. The molecule has 10 nitrogen and oxygen atoms in total. The molecule has 0 aliphatic heterocycles. The third kappa shape index (κ3) is 11.9. The number of aromatic nitrogens is 1. The van der Waals surface area contributed by atoms with E-state index in [-0.39, 0.29) is 30.4 Å². The molecule has 3 atom stereocenters. The first-order chi connectivity index (χ1) is 21.5. The summed E-state index contributed by atoms with van der Waals surface area (Å²) < 4.78 is 10.8. The van der Waals surface area contributed by atoms with E-state index in [0.29, 0.717) is 19.4 Å². The molecule has 0 radical (unpaired) electrons. The molecule has 1 aromatic heterocycles. The van der Waals surface area contributed by atoms with E-state index >= 15 is 0 Å². The highest BCUT2D eigenvalue weighted by Gasteiger charge is 2.28. The molecule has 4 N–H and O–H groups in total. The van der Waals surface area contributed by atoms with Crippen molar-refractivity contribution in [3.63, 3.8) is 0 Å². The Morgan fingerprint density at radius 1 is 0.844 bits per heavy atom. The highest BCUT2D eigenvalue weighted by atomic mass is 16.5. The van der Waals surface area contributed by atoms with Gasteiger partial charge in [0.15, 0.2) is 0 Å². The number of rotatable bonds is 17. The van der Waals surface area contributed by atoms with Crippen LogP contribution in [0.4, 0.5) is 10.5 Å². The van der Waals surface area contributed by atoms with Gasteiger partial charge in [-0.15, -0.1) is 0 Å². The molecule has 3 amide bonds. The van der Waals surface area contributed by atoms with Gasteiger partial charge in [-0.25, -0.2) is 4.79 Å². The number of nitrogens with zero attached hydrogens (tertiary/aromatic N) is 1. The zero-order valence-electron chi connectivity index (χ0n) is 27.4. The molecular weight excluding hydrogens is 570 g/mol. The number of pyridine rings is 1. The summed E-state index contributed by atoms with van der Waals surface area (Å²) in [7, 11) is 1.64. The van der Waals surface area contributed by atoms with Crippen LogP contribution >= 0.6 is 0 Å². The fourth-order valence-corrected chi connectivity index (χ4v) is 5.06. The molecule has 244 valence electrons. The van der Waals surface area contributed by atoms with E-state index in [1.807, 2.05) is 82.3 Å². The quantitative estimate of drug-likeness (QED) is 0.140. The maximum atomic E-state index is 13.3. The smallest absolute Gasteiger partial charge is 0.408 e. The number of amides is 3. The molecular formula is C35H49N5O5. The number of anilines is 1. The standard InChI is InChI=1S/C35H49N5O5/c1-23(2)18-30(39-34(42)31(19-24(3)4)40-35(43)45-22-26-13-8-7-9-14-26)33(41)37-17-10-12-25(5)38-29-21-28(44-6)20-27-15-11-16-36-32(27)29/h7-9,11,13-16,20-21,23-25,30-31,38H,10,12,17-19,22H2,1-6H3,(H,37,41)(H,39,42)(H,40,43)/t25?,30-,31-/m0/s1. The maximum absolute atomic E-state index is 13.3. The van der Waals surface area contributed by atoms with Gasteiger partial charge in [-0.3, -0.25) is 14.6 Å². The van der Waals surface area contributed by atoms with Gasteiger partial charge in [-0.2, -0.15) is 0 Å². The Bertz CT molecular complexity index is 1380. The Morgan fingerprint density at radius 3 is 2.20 bits per heavy atom. The lowest BCUT2D eigenvalue weighted by Gasteiger charge is -2.25. The zero-order valence-corrected chi connectivity index (χ0v) is 27.4. The summed E-state index contributed by atoms with van der Waals surface area (Å²) in [6, 6.07) is 15.7. The SMILES string of the molecule is COc1cc(NC(C)CCCNC(=O)[C@H](CC(C)C)NC(=O)[C@H](CC(C)C)NC(=O)OCc2ccccc2)c2ncccc2c1. The van der Waals surface area contributed by atoms with Crippen molar-refractivity contribution in [2.75, 3.05) is 19.0 Å². The number of alkyl carbamates (subject to hydrolysis) is 1. The zero-order chi connectivity index (χ0) is 32.8. The summed E-state index contributed by atoms with van der Waals surface area (Å²) in [5.74, 6) is 0.414. The Hall–Kier alpha value is -4.34. The fraction of sp³-hybridized carbons (Fsp3) is 0.486. The molecule has 1 heterocycles. The minimum atomic E-state index is -0.829. The molecule has 0 saturated carbocycles. The molecule has 2 aromatic carbocycles. The highest BCUT2D eigenvalue weighted by Crippen LogP contribution is 2.28. The van der Waals surface area contributed by atoms with Gasteiger partial charge in [0.25, 0.3) is 0 Å². The van der Waals surface area contributed by atoms with Crippen molar-refractivity contribution in [1.29, 1.82) is 0 Å². The van der Waals surface area contributed by atoms with Crippen LogP contribution in [-0.4, -0.2) is 54.7 Å². The number of fused-ring (bicyclic) bond motifs is 1. The van der Waals surface area contributed by atoms with Crippen LogP contribution < -0.4 is 26.0 Å². The molecule has 0 aliphatic carbocycles. The van der Waals surface area contributed by atoms with E-state index in [2.05, 4.69) is 33.2 Å². The average Bonchev–Trinajstić information content (AvgIpc) is 3.01. The first-order valence-corrected chi connectivity index (χ1v) is 15.8.